The molecule has 0 amide bonds. The summed E-state index contributed by atoms with van der Waals surface area (Å²) in [5.41, 5.74) is 1.09. The lowest BCUT2D eigenvalue weighted by molar-refractivity contribution is 0.0695. The third-order valence-electron chi connectivity index (χ3n) is 6.86. The van der Waals surface area contributed by atoms with Gasteiger partial charge in [0.05, 0.1) is 23.7 Å². The van der Waals surface area contributed by atoms with Crippen LogP contribution in [0.2, 0.25) is 0 Å². The summed E-state index contributed by atoms with van der Waals surface area (Å²) in [7, 11) is 1.64. The van der Waals surface area contributed by atoms with Gasteiger partial charge in [0.15, 0.2) is 5.75 Å². The molecule has 7 heteroatoms. The van der Waals surface area contributed by atoms with Gasteiger partial charge in [-0.25, -0.2) is 4.79 Å². The fourth-order valence-electron chi connectivity index (χ4n) is 4.75. The molecule has 0 spiro atoms. The number of fused-ring (bicyclic) bond motifs is 1. The first kappa shape index (κ1) is 19.4. The minimum atomic E-state index is -1.18. The number of nitrogens with zero attached hydrogens (tertiary/aromatic N) is 2. The van der Waals surface area contributed by atoms with Crippen LogP contribution in [0.5, 0.6) is 5.75 Å². The number of methoxy groups -OCH3 is 1. The Morgan fingerprint density at radius 3 is 2.63 bits per heavy atom. The third-order valence-corrected chi connectivity index (χ3v) is 6.86. The number of carboxylic acids is 1. The zero-order valence-corrected chi connectivity index (χ0v) is 17.6. The van der Waals surface area contributed by atoms with E-state index < -0.39 is 11.4 Å². The number of carboxylic acid groups (broad SMARTS) is 1. The summed E-state index contributed by atoms with van der Waals surface area (Å²) in [6, 6.07) is 4.64. The Balaban J connectivity index is 1.56. The van der Waals surface area contributed by atoms with Crippen molar-refractivity contribution >= 4 is 22.6 Å². The Morgan fingerprint density at radius 2 is 2.00 bits per heavy atom. The first-order valence-electron chi connectivity index (χ1n) is 11.0. The predicted octanol–water partition coefficient (Wildman–Crippen LogP) is 2.87. The maximum atomic E-state index is 12.9. The zero-order valence-electron chi connectivity index (χ0n) is 17.6. The first-order valence-corrected chi connectivity index (χ1v) is 11.0. The van der Waals surface area contributed by atoms with Gasteiger partial charge in [-0.15, -0.1) is 0 Å². The predicted molar refractivity (Wildman–Crippen MR) is 116 cm³/mol. The molecule has 0 radical (unpaired) electrons. The molecule has 160 valence electrons. The van der Waals surface area contributed by atoms with E-state index >= 15 is 0 Å². The summed E-state index contributed by atoms with van der Waals surface area (Å²) >= 11 is 0. The molecular formula is C23H29N3O4. The van der Waals surface area contributed by atoms with Crippen molar-refractivity contribution in [3.05, 3.63) is 34.1 Å². The lowest BCUT2D eigenvalue weighted by Crippen LogP contribution is -2.29. The number of aromatic carboxylic acids is 1. The van der Waals surface area contributed by atoms with Crippen molar-refractivity contribution in [2.24, 2.45) is 11.8 Å². The van der Waals surface area contributed by atoms with Crippen LogP contribution >= 0.6 is 0 Å². The minimum Gasteiger partial charge on any atom is -0.492 e. The molecule has 7 nitrogen and oxygen atoms in total. The summed E-state index contributed by atoms with van der Waals surface area (Å²) < 4.78 is 7.81. The van der Waals surface area contributed by atoms with Gasteiger partial charge in [-0.1, -0.05) is 6.92 Å². The fourth-order valence-corrected chi connectivity index (χ4v) is 4.75. The van der Waals surface area contributed by atoms with Crippen molar-refractivity contribution in [3.8, 4) is 5.75 Å². The molecule has 5 rings (SSSR count). The second kappa shape index (κ2) is 7.30. The van der Waals surface area contributed by atoms with Crippen LogP contribution in [0.3, 0.4) is 0 Å². The van der Waals surface area contributed by atoms with Gasteiger partial charge in [0.25, 0.3) is 0 Å². The summed E-state index contributed by atoms with van der Waals surface area (Å²) in [6.45, 7) is 5.22. The highest BCUT2D eigenvalue weighted by Crippen LogP contribution is 2.43. The topological polar surface area (TPSA) is 83.8 Å². The molecule has 0 bridgehead atoms. The Morgan fingerprint density at radius 1 is 1.23 bits per heavy atom. The highest BCUT2D eigenvalue weighted by atomic mass is 16.5. The summed E-state index contributed by atoms with van der Waals surface area (Å²) in [4.78, 5) is 26.8. The Bertz CT molecular complexity index is 1050. The number of aromatic nitrogens is 1. The van der Waals surface area contributed by atoms with Crippen molar-refractivity contribution in [2.45, 2.75) is 44.7 Å². The van der Waals surface area contributed by atoms with Crippen molar-refractivity contribution < 1.29 is 14.6 Å². The van der Waals surface area contributed by atoms with Crippen LogP contribution in [0.1, 0.15) is 49.0 Å². The number of hydrogen-bond acceptors (Lipinski definition) is 5. The number of hydrogen-bond donors (Lipinski definition) is 2. The molecule has 2 atom stereocenters. The van der Waals surface area contributed by atoms with Gasteiger partial charge in [-0.3, -0.25) is 4.79 Å². The van der Waals surface area contributed by atoms with Gasteiger partial charge in [0.2, 0.25) is 5.43 Å². The number of pyridine rings is 1. The van der Waals surface area contributed by atoms with E-state index in [0.29, 0.717) is 29.0 Å². The van der Waals surface area contributed by atoms with Crippen molar-refractivity contribution in [3.63, 3.8) is 0 Å². The number of anilines is 1. The van der Waals surface area contributed by atoms with Gasteiger partial charge in [0, 0.05) is 37.9 Å². The lowest BCUT2D eigenvalue weighted by Gasteiger charge is -2.24. The molecule has 1 aliphatic heterocycles. The average Bonchev–Trinajstić information content (AvgIpc) is 3.64. The molecule has 2 saturated carbocycles. The molecule has 2 heterocycles. The van der Waals surface area contributed by atoms with Crippen LogP contribution in [0, 0.1) is 11.8 Å². The molecule has 2 aliphatic carbocycles. The average molecular weight is 412 g/mol. The molecule has 0 unspecified atom stereocenters. The Kier molecular flexibility index (Phi) is 4.73. The summed E-state index contributed by atoms with van der Waals surface area (Å²) in [5.74, 6) is 0.637. The number of benzene rings is 1. The summed E-state index contributed by atoms with van der Waals surface area (Å²) in [5, 5.41) is 13.6. The summed E-state index contributed by atoms with van der Waals surface area (Å²) in [6.07, 6.45) is 6.06. The van der Waals surface area contributed by atoms with Gasteiger partial charge in [-0.2, -0.15) is 0 Å². The van der Waals surface area contributed by atoms with E-state index in [2.05, 4.69) is 17.1 Å². The molecular weight excluding hydrogens is 382 g/mol. The van der Waals surface area contributed by atoms with Gasteiger partial charge in [-0.05, 0) is 49.7 Å². The smallest absolute Gasteiger partial charge is 0.341 e. The van der Waals surface area contributed by atoms with E-state index in [-0.39, 0.29) is 11.6 Å². The number of nitrogens with one attached hydrogen (secondary N) is 1. The first-order chi connectivity index (χ1) is 14.5. The molecule has 3 aliphatic rings. The molecule has 1 aromatic carbocycles. The van der Waals surface area contributed by atoms with Crippen LogP contribution in [-0.2, 0) is 0 Å². The van der Waals surface area contributed by atoms with Crippen LogP contribution in [0.25, 0.3) is 10.9 Å². The maximum absolute atomic E-state index is 12.9. The van der Waals surface area contributed by atoms with E-state index in [0.717, 1.165) is 43.7 Å². The number of ether oxygens (including phenoxy) is 1. The molecule has 2 aromatic rings. The number of rotatable bonds is 7. The monoisotopic (exact) mass is 411 g/mol. The highest BCUT2D eigenvalue weighted by molar-refractivity contribution is 5.97. The van der Waals surface area contributed by atoms with Crippen molar-refractivity contribution in [1.82, 2.24) is 9.88 Å². The second-order valence-corrected chi connectivity index (χ2v) is 9.15. The van der Waals surface area contributed by atoms with E-state index in [1.165, 1.54) is 19.0 Å². The molecule has 2 N–H and O–H groups in total. The van der Waals surface area contributed by atoms with Crippen LogP contribution < -0.4 is 20.4 Å². The number of carbonyl (C=O) groups is 1. The molecule has 30 heavy (non-hydrogen) atoms. The zero-order chi connectivity index (χ0) is 21.0. The van der Waals surface area contributed by atoms with Crippen LogP contribution in [-0.4, -0.2) is 48.4 Å². The molecule has 1 aromatic heterocycles. The quantitative estimate of drug-likeness (QED) is 0.729. The molecule has 1 saturated heterocycles. The lowest BCUT2D eigenvalue weighted by atomic mass is 9.98. The largest absolute Gasteiger partial charge is 0.492 e. The Hall–Kier alpha value is -2.54. The minimum absolute atomic E-state index is 0.176. The third kappa shape index (κ3) is 3.35. The maximum Gasteiger partial charge on any atom is 0.341 e. The van der Waals surface area contributed by atoms with Gasteiger partial charge in [0.1, 0.15) is 5.56 Å². The standard InChI is InChI=1S/C23H29N3O4/c1-13-10-25(11-14(13)9-24-15-3-4-15)19-8-7-17-20(22(19)30-2)26(16-5-6-16)12-18(21(17)27)23(28)29/h7-8,12-16,24H,3-6,9-11H2,1-2H3,(H,28,29)/t13-,14+/m1/s1. The van der Waals surface area contributed by atoms with Crippen molar-refractivity contribution in [2.75, 3.05) is 31.6 Å². The second-order valence-electron chi connectivity index (χ2n) is 9.15. The fraction of sp³-hybridized carbons (Fsp3) is 0.565. The SMILES string of the molecule is COc1c(N2C[C@H](CNC3CC3)[C@H](C)C2)ccc2c(=O)c(C(=O)O)cn(C3CC3)c12. The van der Waals surface area contributed by atoms with Crippen LogP contribution in [0.15, 0.2) is 23.1 Å². The Labute approximate surface area is 175 Å². The van der Waals surface area contributed by atoms with E-state index in [9.17, 15) is 14.7 Å². The molecule has 3 fully saturated rings. The van der Waals surface area contributed by atoms with E-state index in [4.69, 9.17) is 4.74 Å². The van der Waals surface area contributed by atoms with Crippen LogP contribution in [0.4, 0.5) is 5.69 Å². The van der Waals surface area contributed by atoms with E-state index in [1.54, 1.807) is 13.2 Å². The highest BCUT2D eigenvalue weighted by Gasteiger charge is 2.34. The van der Waals surface area contributed by atoms with Crippen molar-refractivity contribution in [1.29, 1.82) is 0 Å². The van der Waals surface area contributed by atoms with Gasteiger partial charge < -0.3 is 24.6 Å². The van der Waals surface area contributed by atoms with Gasteiger partial charge >= 0.3 is 5.97 Å². The normalized spacial score (nSPS) is 23.9. The van der Waals surface area contributed by atoms with E-state index in [1.807, 2.05) is 10.6 Å².